The first-order valence-electron chi connectivity index (χ1n) is 11.9. The molecule has 0 aliphatic carbocycles. The molecule has 4 rings (SSSR count). The van der Waals surface area contributed by atoms with Crippen LogP contribution in [0.5, 0.6) is 0 Å². The standard InChI is InChI=1S/C26H32ClN3O4S/c1-5-12-28(4)23(32)19-18-10-11-26(35-18)20(19)24(33)30(14-15-31)22(26)25(34)29(13-6-2)21-16(3)8-7-9-17(21)27/h5-9,18-20,22,31H,1-2,10-15H2,3-4H3/t18-,19+,20+,22?,26?/m1/s1. The smallest absolute Gasteiger partial charge is 0.251 e. The van der Waals surface area contributed by atoms with Crippen molar-refractivity contribution in [3.05, 3.63) is 54.1 Å². The molecule has 35 heavy (non-hydrogen) atoms. The molecule has 3 saturated heterocycles. The van der Waals surface area contributed by atoms with Crippen molar-refractivity contribution < 1.29 is 19.5 Å². The number of halogens is 1. The van der Waals surface area contributed by atoms with Crippen LogP contribution < -0.4 is 4.90 Å². The number of thioether (sulfide) groups is 1. The number of β-amino-alcohol motifs (C(OH)–C–C–N with tert-alkyl or cyclic N) is 1. The summed E-state index contributed by atoms with van der Waals surface area (Å²) in [5, 5.41) is 10.2. The molecule has 9 heteroatoms. The maximum atomic E-state index is 14.3. The van der Waals surface area contributed by atoms with Crippen LogP contribution in [0, 0.1) is 18.8 Å². The number of amides is 3. The van der Waals surface area contributed by atoms with Crippen LogP contribution in [0.4, 0.5) is 5.69 Å². The van der Waals surface area contributed by atoms with Crippen LogP contribution in [0.15, 0.2) is 43.5 Å². The number of likely N-dealkylation sites (N-methyl/N-ethyl adjacent to an activating group) is 1. The van der Waals surface area contributed by atoms with Crippen molar-refractivity contribution in [1.82, 2.24) is 9.80 Å². The van der Waals surface area contributed by atoms with Gasteiger partial charge in [-0.05, 0) is 31.4 Å². The van der Waals surface area contributed by atoms with E-state index in [0.717, 1.165) is 12.0 Å². The van der Waals surface area contributed by atoms with Gasteiger partial charge < -0.3 is 19.8 Å². The van der Waals surface area contributed by atoms with E-state index < -0.39 is 22.6 Å². The number of hydrogen-bond donors (Lipinski definition) is 1. The largest absolute Gasteiger partial charge is 0.395 e. The van der Waals surface area contributed by atoms with Crippen molar-refractivity contribution in [3.63, 3.8) is 0 Å². The summed E-state index contributed by atoms with van der Waals surface area (Å²) in [6.07, 6.45) is 4.72. The molecule has 7 nitrogen and oxygen atoms in total. The van der Waals surface area contributed by atoms with Gasteiger partial charge in [0.05, 0.1) is 33.9 Å². The Morgan fingerprint density at radius 1 is 1.29 bits per heavy atom. The van der Waals surface area contributed by atoms with E-state index in [0.29, 0.717) is 23.7 Å². The predicted octanol–water partition coefficient (Wildman–Crippen LogP) is 2.90. The zero-order chi connectivity index (χ0) is 25.5. The van der Waals surface area contributed by atoms with E-state index in [4.69, 9.17) is 11.6 Å². The highest BCUT2D eigenvalue weighted by molar-refractivity contribution is 8.02. The lowest BCUT2D eigenvalue weighted by Gasteiger charge is -2.38. The summed E-state index contributed by atoms with van der Waals surface area (Å²) in [4.78, 5) is 46.3. The summed E-state index contributed by atoms with van der Waals surface area (Å²) >= 11 is 8.15. The molecule has 1 spiro atoms. The second-order valence-electron chi connectivity index (χ2n) is 9.46. The number of rotatable bonds is 9. The first-order valence-corrected chi connectivity index (χ1v) is 13.1. The Labute approximate surface area is 215 Å². The van der Waals surface area contributed by atoms with Gasteiger partial charge in [-0.2, -0.15) is 0 Å². The summed E-state index contributed by atoms with van der Waals surface area (Å²) in [6, 6.07) is 4.64. The summed E-state index contributed by atoms with van der Waals surface area (Å²) in [5.74, 6) is -1.69. The zero-order valence-corrected chi connectivity index (χ0v) is 21.7. The lowest BCUT2D eigenvalue weighted by atomic mass is 9.70. The fourth-order valence-corrected chi connectivity index (χ4v) is 8.66. The van der Waals surface area contributed by atoms with Crippen molar-refractivity contribution in [2.75, 3.05) is 38.2 Å². The number of aliphatic hydroxyl groups excluding tert-OH is 1. The summed E-state index contributed by atoms with van der Waals surface area (Å²) < 4.78 is -0.724. The predicted molar refractivity (Wildman–Crippen MR) is 139 cm³/mol. The summed E-state index contributed by atoms with van der Waals surface area (Å²) in [5.41, 5.74) is 1.42. The van der Waals surface area contributed by atoms with E-state index in [1.807, 2.05) is 19.1 Å². The van der Waals surface area contributed by atoms with Crippen molar-refractivity contribution in [3.8, 4) is 0 Å². The number of carbonyl (C=O) groups excluding carboxylic acids is 3. The molecule has 3 aliphatic heterocycles. The van der Waals surface area contributed by atoms with Gasteiger partial charge in [0.1, 0.15) is 6.04 Å². The number of benzene rings is 1. The molecule has 188 valence electrons. The van der Waals surface area contributed by atoms with E-state index in [1.54, 1.807) is 46.8 Å². The number of fused-ring (bicyclic) bond motifs is 1. The quantitative estimate of drug-likeness (QED) is 0.509. The molecule has 1 N–H and O–H groups in total. The fourth-order valence-electron chi connectivity index (χ4n) is 6.13. The van der Waals surface area contributed by atoms with Crippen LogP contribution in [-0.2, 0) is 14.4 Å². The van der Waals surface area contributed by atoms with Crippen molar-refractivity contribution in [1.29, 1.82) is 0 Å². The Morgan fingerprint density at radius 3 is 2.63 bits per heavy atom. The van der Waals surface area contributed by atoms with Gasteiger partial charge in [-0.3, -0.25) is 14.4 Å². The molecular weight excluding hydrogens is 486 g/mol. The third-order valence-corrected chi connectivity index (χ3v) is 9.73. The second kappa shape index (κ2) is 9.99. The summed E-state index contributed by atoms with van der Waals surface area (Å²) in [7, 11) is 1.72. The Morgan fingerprint density at radius 2 is 2.00 bits per heavy atom. The van der Waals surface area contributed by atoms with Gasteiger partial charge in [0, 0.05) is 31.9 Å². The highest BCUT2D eigenvalue weighted by Gasteiger charge is 2.74. The van der Waals surface area contributed by atoms with Crippen LogP contribution in [-0.4, -0.2) is 82.0 Å². The van der Waals surface area contributed by atoms with Gasteiger partial charge in [-0.25, -0.2) is 0 Å². The minimum Gasteiger partial charge on any atom is -0.395 e. The van der Waals surface area contributed by atoms with Crippen molar-refractivity contribution in [2.45, 2.75) is 35.8 Å². The molecule has 3 aliphatic rings. The van der Waals surface area contributed by atoms with Crippen LogP contribution in [0.3, 0.4) is 0 Å². The Balaban J connectivity index is 1.79. The molecular formula is C26H32ClN3O4S. The molecule has 0 aromatic heterocycles. The topological polar surface area (TPSA) is 81.2 Å². The van der Waals surface area contributed by atoms with E-state index in [1.165, 1.54) is 4.90 Å². The van der Waals surface area contributed by atoms with Crippen LogP contribution in [0.1, 0.15) is 18.4 Å². The lowest BCUT2D eigenvalue weighted by molar-refractivity contribution is -0.143. The van der Waals surface area contributed by atoms with Gasteiger partial charge in [0.2, 0.25) is 11.8 Å². The molecule has 0 saturated carbocycles. The van der Waals surface area contributed by atoms with Crippen LogP contribution in [0.2, 0.25) is 5.02 Å². The van der Waals surface area contributed by atoms with E-state index >= 15 is 0 Å². The minimum absolute atomic E-state index is 0.0230. The molecule has 3 amide bonds. The third-order valence-electron chi connectivity index (χ3n) is 7.48. The second-order valence-corrected chi connectivity index (χ2v) is 11.5. The average Bonchev–Trinajstić information content (AvgIpc) is 3.46. The molecule has 1 aromatic carbocycles. The number of aryl methyl sites for hydroxylation is 1. The van der Waals surface area contributed by atoms with Gasteiger partial charge in [0.25, 0.3) is 5.91 Å². The SMILES string of the molecule is C=CCN(C)C(=O)[C@@H]1[C@H]2C(=O)N(CCO)C(C(=O)N(CC=C)c3c(C)cccc3Cl)C23CC[C@H]1S3. The normalized spacial score (nSPS) is 28.7. The monoisotopic (exact) mass is 517 g/mol. The van der Waals surface area contributed by atoms with Gasteiger partial charge in [0.15, 0.2) is 0 Å². The summed E-state index contributed by atoms with van der Waals surface area (Å²) in [6.45, 7) is 9.81. The first kappa shape index (κ1) is 25.8. The maximum Gasteiger partial charge on any atom is 0.251 e. The van der Waals surface area contributed by atoms with Crippen LogP contribution >= 0.6 is 23.4 Å². The lowest BCUT2D eigenvalue weighted by Crippen LogP contribution is -2.55. The minimum atomic E-state index is -0.805. The molecule has 0 radical (unpaired) electrons. The number of likely N-dealkylation sites (tertiary alicyclic amines) is 1. The van der Waals surface area contributed by atoms with Crippen molar-refractivity contribution >= 4 is 46.8 Å². The number of hydrogen-bond acceptors (Lipinski definition) is 5. The van der Waals surface area contributed by atoms with Crippen molar-refractivity contribution in [2.24, 2.45) is 11.8 Å². The van der Waals surface area contributed by atoms with Gasteiger partial charge in [-0.1, -0.05) is 35.9 Å². The van der Waals surface area contributed by atoms with Crippen LogP contribution in [0.25, 0.3) is 0 Å². The molecule has 3 heterocycles. The van der Waals surface area contributed by atoms with Gasteiger partial charge in [-0.15, -0.1) is 24.9 Å². The molecule has 5 atom stereocenters. The van der Waals surface area contributed by atoms with E-state index in [2.05, 4.69) is 13.2 Å². The molecule has 3 fully saturated rings. The highest BCUT2D eigenvalue weighted by atomic mass is 35.5. The molecule has 2 bridgehead atoms. The molecule has 1 aromatic rings. The fraction of sp³-hybridized carbons (Fsp3) is 0.500. The van der Waals surface area contributed by atoms with E-state index in [9.17, 15) is 19.5 Å². The maximum absolute atomic E-state index is 14.3. The number of anilines is 1. The zero-order valence-electron chi connectivity index (χ0n) is 20.2. The number of nitrogens with zero attached hydrogens (tertiary/aromatic N) is 3. The van der Waals surface area contributed by atoms with E-state index in [-0.39, 0.29) is 42.7 Å². The highest BCUT2D eigenvalue weighted by Crippen LogP contribution is 2.66. The Hall–Kier alpha value is -2.29. The molecule has 2 unspecified atom stereocenters. The number of aliphatic hydroxyl groups is 1. The average molecular weight is 518 g/mol. The first-order chi connectivity index (χ1) is 16.7. The Bertz CT molecular complexity index is 1040. The number of carbonyl (C=O) groups is 3. The Kier molecular flexibility index (Phi) is 7.36. The number of para-hydroxylation sites is 1. The van der Waals surface area contributed by atoms with Gasteiger partial charge >= 0.3 is 0 Å². The third kappa shape index (κ3) is 3.99.